The van der Waals surface area contributed by atoms with Crippen molar-refractivity contribution in [1.82, 2.24) is 25.1 Å². The zero-order valence-corrected chi connectivity index (χ0v) is 9.58. The van der Waals surface area contributed by atoms with Gasteiger partial charge in [0.1, 0.15) is 12.2 Å². The van der Waals surface area contributed by atoms with Crippen LogP contribution in [0, 0.1) is 6.92 Å². The molecule has 0 aliphatic heterocycles. The number of hydrogen-bond acceptors (Lipinski definition) is 5. The molecule has 2 rings (SSSR count). The maximum Gasteiger partial charge on any atom is 0.140 e. The van der Waals surface area contributed by atoms with E-state index in [2.05, 4.69) is 25.8 Å². The highest BCUT2D eigenvalue weighted by atomic mass is 32.1. The fourth-order valence-electron chi connectivity index (χ4n) is 1.27. The second kappa shape index (κ2) is 4.50. The summed E-state index contributed by atoms with van der Waals surface area (Å²) in [6, 6.07) is 0. The fraction of sp³-hybridized carbons (Fsp3) is 0.444. The lowest BCUT2D eigenvalue weighted by Crippen LogP contribution is -2.16. The van der Waals surface area contributed by atoms with Crippen molar-refractivity contribution < 1.29 is 0 Å². The molecule has 80 valence electrons. The maximum absolute atomic E-state index is 4.37. The van der Waals surface area contributed by atoms with Crippen LogP contribution in [-0.2, 0) is 20.1 Å². The van der Waals surface area contributed by atoms with Crippen molar-refractivity contribution in [3.05, 3.63) is 28.2 Å². The first-order chi connectivity index (χ1) is 7.25. The smallest absolute Gasteiger partial charge is 0.140 e. The lowest BCUT2D eigenvalue weighted by Gasteiger charge is -2.01. The van der Waals surface area contributed by atoms with Crippen LogP contribution in [-0.4, -0.2) is 19.7 Å². The van der Waals surface area contributed by atoms with Gasteiger partial charge in [-0.15, -0.1) is 11.3 Å². The Morgan fingerprint density at radius 2 is 2.33 bits per heavy atom. The van der Waals surface area contributed by atoms with Crippen LogP contribution in [0.1, 0.15) is 16.5 Å². The molecule has 0 bridgehead atoms. The Hall–Kier alpha value is -1.27. The average molecular weight is 223 g/mol. The molecule has 2 aromatic rings. The number of aromatic nitrogens is 4. The minimum absolute atomic E-state index is 0.715. The number of hydrogen-bond donors (Lipinski definition) is 1. The first-order valence-corrected chi connectivity index (χ1v) is 5.58. The van der Waals surface area contributed by atoms with Gasteiger partial charge < -0.3 is 5.32 Å². The van der Waals surface area contributed by atoms with Crippen molar-refractivity contribution in [2.24, 2.45) is 7.05 Å². The zero-order chi connectivity index (χ0) is 10.7. The third-order valence-corrected chi connectivity index (χ3v) is 2.88. The molecule has 0 saturated carbocycles. The number of rotatable bonds is 4. The summed E-state index contributed by atoms with van der Waals surface area (Å²) in [5.41, 5.74) is 1.08. The molecule has 0 aromatic carbocycles. The van der Waals surface area contributed by atoms with E-state index in [-0.39, 0.29) is 0 Å². The number of thiazole rings is 1. The highest BCUT2D eigenvalue weighted by Crippen LogP contribution is 2.07. The molecule has 0 fully saturated rings. The van der Waals surface area contributed by atoms with Crippen molar-refractivity contribution in [2.75, 3.05) is 0 Å². The molecule has 0 aliphatic rings. The highest BCUT2D eigenvalue weighted by molar-refractivity contribution is 7.09. The van der Waals surface area contributed by atoms with Gasteiger partial charge in [0.15, 0.2) is 0 Å². The predicted molar refractivity (Wildman–Crippen MR) is 58.4 cm³/mol. The van der Waals surface area contributed by atoms with Gasteiger partial charge in [-0.05, 0) is 6.92 Å². The quantitative estimate of drug-likeness (QED) is 0.835. The van der Waals surface area contributed by atoms with Crippen molar-refractivity contribution in [3.8, 4) is 0 Å². The van der Waals surface area contributed by atoms with E-state index in [1.165, 1.54) is 0 Å². The molecule has 0 spiro atoms. The second-order valence-electron chi connectivity index (χ2n) is 3.26. The summed E-state index contributed by atoms with van der Waals surface area (Å²) in [6.45, 7) is 3.50. The van der Waals surface area contributed by atoms with E-state index < -0.39 is 0 Å². The molecular formula is C9H13N5S. The van der Waals surface area contributed by atoms with Crippen molar-refractivity contribution in [1.29, 1.82) is 0 Å². The maximum atomic E-state index is 4.37. The molecule has 2 heterocycles. The Bertz CT molecular complexity index is 433. The molecule has 0 radical (unpaired) electrons. The van der Waals surface area contributed by atoms with Crippen molar-refractivity contribution in [3.63, 3.8) is 0 Å². The normalized spacial score (nSPS) is 10.8. The molecule has 5 nitrogen and oxygen atoms in total. The van der Waals surface area contributed by atoms with Crippen molar-refractivity contribution >= 4 is 11.3 Å². The van der Waals surface area contributed by atoms with E-state index in [0.29, 0.717) is 6.54 Å². The molecule has 0 atom stereocenters. The minimum atomic E-state index is 0.715. The van der Waals surface area contributed by atoms with Crippen LogP contribution in [0.25, 0.3) is 0 Å². The average Bonchev–Trinajstić information content (AvgIpc) is 2.77. The Labute approximate surface area is 92.2 Å². The van der Waals surface area contributed by atoms with Gasteiger partial charge in [-0.2, -0.15) is 5.10 Å². The fourth-order valence-corrected chi connectivity index (χ4v) is 1.88. The summed E-state index contributed by atoms with van der Waals surface area (Å²) in [5.74, 6) is 0.932. The molecular weight excluding hydrogens is 210 g/mol. The molecule has 0 aliphatic carbocycles. The lowest BCUT2D eigenvalue weighted by molar-refractivity contribution is 0.609. The Kier molecular flexibility index (Phi) is 3.08. The van der Waals surface area contributed by atoms with E-state index in [1.54, 1.807) is 22.3 Å². The Morgan fingerprint density at radius 1 is 1.47 bits per heavy atom. The van der Waals surface area contributed by atoms with Gasteiger partial charge in [-0.3, -0.25) is 4.68 Å². The molecule has 0 unspecified atom stereocenters. The van der Waals surface area contributed by atoms with Crippen LogP contribution in [0.2, 0.25) is 0 Å². The molecule has 1 N–H and O–H groups in total. The van der Waals surface area contributed by atoms with Gasteiger partial charge in [-0.25, -0.2) is 9.97 Å². The van der Waals surface area contributed by atoms with Gasteiger partial charge in [0.2, 0.25) is 0 Å². The summed E-state index contributed by atoms with van der Waals surface area (Å²) in [7, 11) is 1.89. The van der Waals surface area contributed by atoms with E-state index >= 15 is 0 Å². The third kappa shape index (κ3) is 2.60. The monoisotopic (exact) mass is 223 g/mol. The third-order valence-electron chi connectivity index (χ3n) is 2.06. The number of nitrogens with one attached hydrogen (secondary N) is 1. The summed E-state index contributed by atoms with van der Waals surface area (Å²) >= 11 is 1.67. The van der Waals surface area contributed by atoms with Gasteiger partial charge in [0, 0.05) is 19.0 Å². The highest BCUT2D eigenvalue weighted by Gasteiger charge is 2.01. The van der Waals surface area contributed by atoms with Gasteiger partial charge >= 0.3 is 0 Å². The summed E-state index contributed by atoms with van der Waals surface area (Å²) < 4.78 is 1.76. The van der Waals surface area contributed by atoms with E-state index in [9.17, 15) is 0 Å². The number of nitrogens with zero attached hydrogens (tertiary/aromatic N) is 4. The standard InChI is InChI=1S/C9H13N5S/c1-7-13-8(5-15-7)3-10-4-9-11-6-12-14(9)2/h5-6,10H,3-4H2,1-2H3. The second-order valence-corrected chi connectivity index (χ2v) is 4.32. The Balaban J connectivity index is 1.83. The molecule has 6 heteroatoms. The van der Waals surface area contributed by atoms with Crippen LogP contribution in [0.4, 0.5) is 0 Å². The van der Waals surface area contributed by atoms with E-state index in [0.717, 1.165) is 23.1 Å². The molecule has 0 amide bonds. The SMILES string of the molecule is Cc1nc(CNCc2ncnn2C)cs1. The first kappa shape index (κ1) is 10.3. The van der Waals surface area contributed by atoms with Crippen LogP contribution < -0.4 is 5.32 Å². The number of aryl methyl sites for hydroxylation is 2. The summed E-state index contributed by atoms with van der Waals surface area (Å²) in [4.78, 5) is 8.49. The predicted octanol–water partition coefficient (Wildman–Crippen LogP) is 0.870. The van der Waals surface area contributed by atoms with Gasteiger partial charge in [0.25, 0.3) is 0 Å². The van der Waals surface area contributed by atoms with Crippen molar-refractivity contribution in [2.45, 2.75) is 20.0 Å². The van der Waals surface area contributed by atoms with E-state index in [1.807, 2.05) is 14.0 Å². The van der Waals surface area contributed by atoms with E-state index in [4.69, 9.17) is 0 Å². The largest absolute Gasteiger partial charge is 0.304 e. The van der Waals surface area contributed by atoms with Crippen LogP contribution in [0.3, 0.4) is 0 Å². The first-order valence-electron chi connectivity index (χ1n) is 4.70. The van der Waals surface area contributed by atoms with Crippen LogP contribution in [0.15, 0.2) is 11.7 Å². The van der Waals surface area contributed by atoms with Crippen LogP contribution >= 0.6 is 11.3 Å². The topological polar surface area (TPSA) is 55.6 Å². The Morgan fingerprint density at radius 3 is 2.93 bits per heavy atom. The van der Waals surface area contributed by atoms with Crippen LogP contribution in [0.5, 0.6) is 0 Å². The minimum Gasteiger partial charge on any atom is -0.304 e. The molecule has 0 saturated heterocycles. The summed E-state index contributed by atoms with van der Waals surface area (Å²) in [5, 5.41) is 10.4. The van der Waals surface area contributed by atoms with Gasteiger partial charge in [0.05, 0.1) is 17.2 Å². The molecule has 2 aromatic heterocycles. The zero-order valence-electron chi connectivity index (χ0n) is 8.77. The molecule has 15 heavy (non-hydrogen) atoms. The summed E-state index contributed by atoms with van der Waals surface area (Å²) in [6.07, 6.45) is 1.56. The van der Waals surface area contributed by atoms with Gasteiger partial charge in [-0.1, -0.05) is 0 Å². The lowest BCUT2D eigenvalue weighted by atomic mass is 10.4.